The predicted molar refractivity (Wildman–Crippen MR) is 128 cm³/mol. The lowest BCUT2D eigenvalue weighted by Gasteiger charge is -2.36. The molecule has 1 fully saturated rings. The van der Waals surface area contributed by atoms with Crippen molar-refractivity contribution in [2.45, 2.75) is 58.1 Å². The van der Waals surface area contributed by atoms with E-state index in [9.17, 15) is 13.6 Å². The molecular weight excluding hydrogens is 468 g/mol. The zero-order chi connectivity index (χ0) is 25.4. The third kappa shape index (κ3) is 4.69. The summed E-state index contributed by atoms with van der Waals surface area (Å²) in [5, 5.41) is 3.62. The Balaban J connectivity index is 1.31. The molecule has 9 nitrogen and oxygen atoms in total. The fourth-order valence-corrected chi connectivity index (χ4v) is 5.00. The highest BCUT2D eigenvalue weighted by atomic mass is 19.3. The minimum absolute atomic E-state index is 0.110. The lowest BCUT2D eigenvalue weighted by atomic mass is 9.86. The number of aryl methyl sites for hydroxylation is 3. The molecule has 1 spiro atoms. The summed E-state index contributed by atoms with van der Waals surface area (Å²) >= 11 is 0. The number of halogens is 2. The Labute approximate surface area is 207 Å². The molecule has 0 saturated carbocycles. The Hall–Kier alpha value is -3.76. The molecule has 1 saturated heterocycles. The summed E-state index contributed by atoms with van der Waals surface area (Å²) in [4.78, 5) is 36.8. The monoisotopic (exact) mass is 495 g/mol. The lowest BCUT2D eigenvalue weighted by molar-refractivity contribution is -0.131. The number of rotatable bonds is 5. The van der Waals surface area contributed by atoms with Crippen molar-refractivity contribution in [1.82, 2.24) is 29.8 Å². The molecular formula is C25H27F2N7O2. The summed E-state index contributed by atoms with van der Waals surface area (Å²) in [6.07, 6.45) is 5.91. The average Bonchev–Trinajstić information content (AvgIpc) is 3.25. The van der Waals surface area contributed by atoms with Crippen LogP contribution in [-0.2, 0) is 11.2 Å². The van der Waals surface area contributed by atoms with Crippen molar-refractivity contribution in [1.29, 1.82) is 0 Å². The molecule has 11 heteroatoms. The number of carbonyl (C=O) groups is 1. The summed E-state index contributed by atoms with van der Waals surface area (Å²) in [7, 11) is 0. The summed E-state index contributed by atoms with van der Waals surface area (Å²) in [5.74, 6) is 0.790. The number of alkyl halides is 2. The van der Waals surface area contributed by atoms with Gasteiger partial charge < -0.3 is 15.0 Å². The van der Waals surface area contributed by atoms with Gasteiger partial charge >= 0.3 is 6.61 Å². The molecule has 5 rings (SSSR count). The number of aromatic nitrogens is 5. The van der Waals surface area contributed by atoms with Gasteiger partial charge in [-0.2, -0.15) is 13.8 Å². The predicted octanol–water partition coefficient (Wildman–Crippen LogP) is 3.68. The van der Waals surface area contributed by atoms with Crippen LogP contribution >= 0.6 is 0 Å². The SMILES string of the molecule is Cc1nc(OC(F)F)cc(C(C)C(=O)N2CC[C@@]3(CCc4cc(-c5ncccn5)c(C)nc4N3)C2)n1. The summed E-state index contributed by atoms with van der Waals surface area (Å²) in [6.45, 7) is 3.37. The Morgan fingerprint density at radius 3 is 2.67 bits per heavy atom. The number of fused-ring (bicyclic) bond motifs is 1. The van der Waals surface area contributed by atoms with Gasteiger partial charge in [-0.1, -0.05) is 0 Å². The molecule has 1 unspecified atom stereocenters. The number of pyridine rings is 1. The van der Waals surface area contributed by atoms with Crippen LogP contribution in [0.5, 0.6) is 5.88 Å². The number of nitrogens with one attached hydrogen (secondary N) is 1. The van der Waals surface area contributed by atoms with Gasteiger partial charge in [-0.3, -0.25) is 4.79 Å². The fraction of sp³-hybridized carbons (Fsp3) is 0.440. The molecule has 0 bridgehead atoms. The summed E-state index contributed by atoms with van der Waals surface area (Å²) < 4.78 is 29.7. The highest BCUT2D eigenvalue weighted by molar-refractivity contribution is 5.83. The first-order valence-electron chi connectivity index (χ1n) is 11.9. The van der Waals surface area contributed by atoms with Gasteiger partial charge in [0.15, 0.2) is 5.82 Å². The zero-order valence-electron chi connectivity index (χ0n) is 20.3. The largest absolute Gasteiger partial charge is 0.417 e. The Kier molecular flexibility index (Phi) is 6.23. The third-order valence-corrected chi connectivity index (χ3v) is 6.88. The molecule has 3 aromatic rings. The van der Waals surface area contributed by atoms with Crippen LogP contribution < -0.4 is 10.1 Å². The molecule has 2 aliphatic heterocycles. The number of anilines is 1. The number of amides is 1. The maximum absolute atomic E-state index is 13.3. The number of nitrogens with zero attached hydrogens (tertiary/aromatic N) is 6. The Morgan fingerprint density at radius 2 is 1.92 bits per heavy atom. The number of likely N-dealkylation sites (tertiary alicyclic amines) is 1. The molecule has 36 heavy (non-hydrogen) atoms. The molecule has 1 amide bonds. The lowest BCUT2D eigenvalue weighted by Crippen LogP contribution is -2.46. The van der Waals surface area contributed by atoms with Crippen LogP contribution in [0.1, 0.15) is 48.5 Å². The van der Waals surface area contributed by atoms with E-state index in [1.807, 2.05) is 11.8 Å². The van der Waals surface area contributed by atoms with Crippen LogP contribution in [0.4, 0.5) is 14.6 Å². The average molecular weight is 496 g/mol. The van der Waals surface area contributed by atoms with Crippen LogP contribution in [0, 0.1) is 13.8 Å². The zero-order valence-corrected chi connectivity index (χ0v) is 20.3. The van der Waals surface area contributed by atoms with Crippen molar-refractivity contribution >= 4 is 11.7 Å². The number of hydrogen-bond acceptors (Lipinski definition) is 8. The number of carbonyl (C=O) groups excluding carboxylic acids is 1. The smallest absolute Gasteiger partial charge is 0.388 e. The van der Waals surface area contributed by atoms with Gasteiger partial charge in [0.1, 0.15) is 11.6 Å². The molecule has 0 aromatic carbocycles. The van der Waals surface area contributed by atoms with Gasteiger partial charge in [0, 0.05) is 37.1 Å². The summed E-state index contributed by atoms with van der Waals surface area (Å²) in [5.41, 5.74) is 2.95. The number of hydrogen-bond donors (Lipinski definition) is 1. The minimum Gasteiger partial charge on any atom is -0.417 e. The van der Waals surface area contributed by atoms with Crippen molar-refractivity contribution in [2.24, 2.45) is 0 Å². The van der Waals surface area contributed by atoms with E-state index < -0.39 is 12.5 Å². The van der Waals surface area contributed by atoms with Gasteiger partial charge in [0.25, 0.3) is 0 Å². The second kappa shape index (κ2) is 9.36. The van der Waals surface area contributed by atoms with E-state index in [-0.39, 0.29) is 23.2 Å². The highest BCUT2D eigenvalue weighted by Gasteiger charge is 2.43. The van der Waals surface area contributed by atoms with E-state index in [4.69, 9.17) is 4.98 Å². The third-order valence-electron chi connectivity index (χ3n) is 6.88. The molecule has 2 atom stereocenters. The van der Waals surface area contributed by atoms with Gasteiger partial charge in [-0.15, -0.1) is 0 Å². The normalized spacial score (nSPS) is 19.8. The van der Waals surface area contributed by atoms with Crippen molar-refractivity contribution in [3.8, 4) is 17.3 Å². The molecule has 2 aliphatic rings. The van der Waals surface area contributed by atoms with Crippen molar-refractivity contribution in [3.05, 3.63) is 53.4 Å². The first kappa shape index (κ1) is 24.0. The second-order valence-electron chi connectivity index (χ2n) is 9.40. The van der Waals surface area contributed by atoms with Crippen molar-refractivity contribution in [2.75, 3.05) is 18.4 Å². The second-order valence-corrected chi connectivity index (χ2v) is 9.40. The van der Waals surface area contributed by atoms with E-state index >= 15 is 0 Å². The first-order chi connectivity index (χ1) is 17.2. The van der Waals surface area contributed by atoms with Gasteiger partial charge in [0.2, 0.25) is 11.8 Å². The molecule has 0 aliphatic carbocycles. The van der Waals surface area contributed by atoms with E-state index in [0.29, 0.717) is 24.6 Å². The first-order valence-corrected chi connectivity index (χ1v) is 11.9. The van der Waals surface area contributed by atoms with Gasteiger partial charge in [-0.05, 0) is 57.7 Å². The minimum atomic E-state index is -3.00. The molecule has 0 radical (unpaired) electrons. The molecule has 1 N–H and O–H groups in total. The van der Waals surface area contributed by atoms with E-state index in [2.05, 4.69) is 36.1 Å². The standard InChI is InChI=1S/C25H27F2N7O2/c1-14(19-12-20(36-24(26)27)32-16(3)31-19)23(35)34-10-7-25(13-34)6-5-17-11-18(15(2)30-21(17)33-25)22-28-8-4-9-29-22/h4,8-9,11-12,14,24H,5-7,10,13H2,1-3H3,(H,30,33)/t14?,25-/m0/s1. The summed E-state index contributed by atoms with van der Waals surface area (Å²) in [6, 6.07) is 5.19. The van der Waals surface area contributed by atoms with Crippen LogP contribution in [-0.4, -0.2) is 61.0 Å². The maximum atomic E-state index is 13.3. The maximum Gasteiger partial charge on any atom is 0.388 e. The van der Waals surface area contributed by atoms with Crippen molar-refractivity contribution < 1.29 is 18.3 Å². The number of ether oxygens (including phenoxy) is 1. The van der Waals surface area contributed by atoms with Crippen LogP contribution in [0.3, 0.4) is 0 Å². The van der Waals surface area contributed by atoms with E-state index in [1.54, 1.807) is 32.3 Å². The molecule has 3 aromatic heterocycles. The van der Waals surface area contributed by atoms with E-state index in [1.165, 1.54) is 6.07 Å². The van der Waals surface area contributed by atoms with Crippen LogP contribution in [0.2, 0.25) is 0 Å². The Morgan fingerprint density at radius 1 is 1.14 bits per heavy atom. The fourth-order valence-electron chi connectivity index (χ4n) is 5.00. The van der Waals surface area contributed by atoms with Gasteiger partial charge in [0.05, 0.1) is 22.8 Å². The van der Waals surface area contributed by atoms with Crippen LogP contribution in [0.25, 0.3) is 11.4 Å². The molecule has 5 heterocycles. The van der Waals surface area contributed by atoms with Gasteiger partial charge in [-0.25, -0.2) is 19.9 Å². The quantitative estimate of drug-likeness (QED) is 0.572. The Bertz CT molecular complexity index is 1290. The molecule has 188 valence electrons. The van der Waals surface area contributed by atoms with E-state index in [0.717, 1.165) is 41.9 Å². The highest BCUT2D eigenvalue weighted by Crippen LogP contribution is 2.38. The topological polar surface area (TPSA) is 106 Å². The van der Waals surface area contributed by atoms with Crippen molar-refractivity contribution in [3.63, 3.8) is 0 Å². The van der Waals surface area contributed by atoms with Crippen LogP contribution in [0.15, 0.2) is 30.6 Å².